The normalized spacial score (nSPS) is 15.2. The zero-order valence-electron chi connectivity index (χ0n) is 16.3. The maximum atomic E-state index is 12.4. The van der Waals surface area contributed by atoms with Crippen molar-refractivity contribution in [2.75, 3.05) is 20.2 Å². The van der Waals surface area contributed by atoms with Crippen LogP contribution in [-0.4, -0.2) is 36.1 Å². The number of carbonyl (C=O) groups is 1. The molecule has 0 aliphatic carbocycles. The second-order valence-electron chi connectivity index (χ2n) is 6.53. The van der Waals surface area contributed by atoms with Crippen molar-refractivity contribution in [1.29, 1.82) is 0 Å². The third kappa shape index (κ3) is 6.81. The molecule has 0 radical (unpaired) electrons. The molecule has 25 heavy (non-hydrogen) atoms. The van der Waals surface area contributed by atoms with Gasteiger partial charge < -0.3 is 14.7 Å². The molecule has 0 bridgehead atoms. The van der Waals surface area contributed by atoms with Crippen LogP contribution in [0.3, 0.4) is 0 Å². The Morgan fingerprint density at radius 1 is 1.32 bits per heavy atom. The van der Waals surface area contributed by atoms with Gasteiger partial charge >= 0.3 is 0 Å². The molecular weight excluding hydrogens is 314 g/mol. The van der Waals surface area contributed by atoms with Gasteiger partial charge in [-0.25, -0.2) is 0 Å². The molecule has 1 aliphatic heterocycles. The van der Waals surface area contributed by atoms with Crippen molar-refractivity contribution >= 4 is 5.91 Å². The topological polar surface area (TPSA) is 49.8 Å². The van der Waals surface area contributed by atoms with Gasteiger partial charge in [-0.15, -0.1) is 0 Å². The van der Waals surface area contributed by atoms with Gasteiger partial charge in [-0.3, -0.25) is 4.79 Å². The number of rotatable bonds is 5. The van der Waals surface area contributed by atoms with Crippen molar-refractivity contribution in [2.45, 2.75) is 47.0 Å². The summed E-state index contributed by atoms with van der Waals surface area (Å²) in [6, 6.07) is 5.07. The number of ether oxygens (including phenoxy) is 1. The number of carbonyl (C=O) groups excluding carboxylic acids is 1. The van der Waals surface area contributed by atoms with E-state index in [0.29, 0.717) is 24.0 Å². The first kappa shape index (κ1) is 21.1. The number of allylic oxidation sites excluding steroid dienone is 2. The molecule has 2 rings (SSSR count). The van der Waals surface area contributed by atoms with E-state index < -0.39 is 0 Å². The zero-order valence-corrected chi connectivity index (χ0v) is 16.3. The van der Waals surface area contributed by atoms with E-state index >= 15 is 0 Å². The highest BCUT2D eigenvalue weighted by Crippen LogP contribution is 2.27. The molecule has 0 spiro atoms. The van der Waals surface area contributed by atoms with Gasteiger partial charge in [0.25, 0.3) is 0 Å². The predicted molar refractivity (Wildman–Crippen MR) is 103 cm³/mol. The number of phenolic OH excluding ortho intramolecular Hbond substituents is 1. The lowest BCUT2D eigenvalue weighted by atomic mass is 9.95. The van der Waals surface area contributed by atoms with E-state index in [1.165, 1.54) is 7.11 Å². The highest BCUT2D eigenvalue weighted by atomic mass is 16.5. The van der Waals surface area contributed by atoms with E-state index in [-0.39, 0.29) is 11.7 Å². The Bertz CT molecular complexity index is 558. The highest BCUT2D eigenvalue weighted by molar-refractivity contribution is 5.79. The lowest BCUT2D eigenvalue weighted by molar-refractivity contribution is -0.131. The largest absolute Gasteiger partial charge is 0.504 e. The first-order valence-electron chi connectivity index (χ1n) is 9.31. The first-order chi connectivity index (χ1) is 12.0. The van der Waals surface area contributed by atoms with E-state index in [1.54, 1.807) is 18.2 Å². The van der Waals surface area contributed by atoms with Crippen LogP contribution in [0.4, 0.5) is 0 Å². The van der Waals surface area contributed by atoms with Crippen LogP contribution in [0.2, 0.25) is 0 Å². The van der Waals surface area contributed by atoms with E-state index in [4.69, 9.17) is 4.74 Å². The number of hydrogen-bond donors (Lipinski definition) is 1. The van der Waals surface area contributed by atoms with Gasteiger partial charge in [-0.1, -0.05) is 45.9 Å². The first-order valence-corrected chi connectivity index (χ1v) is 9.31. The summed E-state index contributed by atoms with van der Waals surface area (Å²) >= 11 is 0. The monoisotopic (exact) mass is 347 g/mol. The molecule has 0 atom stereocenters. The SMILES string of the molecule is CC.COc1cc(CC(=O)N2CCC(/C=C/C(C)C)CC2)ccc1O. The predicted octanol–water partition coefficient (Wildman–Crippen LogP) is 4.42. The number of amides is 1. The molecule has 140 valence electrons. The van der Waals surface area contributed by atoms with Crippen molar-refractivity contribution in [1.82, 2.24) is 4.90 Å². The number of aromatic hydroxyl groups is 1. The van der Waals surface area contributed by atoms with Gasteiger partial charge in [0.1, 0.15) is 0 Å². The number of likely N-dealkylation sites (tertiary alicyclic amines) is 1. The summed E-state index contributed by atoms with van der Waals surface area (Å²) in [5.74, 6) is 1.83. The summed E-state index contributed by atoms with van der Waals surface area (Å²) in [6.45, 7) is 10.0. The van der Waals surface area contributed by atoms with Gasteiger partial charge in [0.15, 0.2) is 11.5 Å². The van der Waals surface area contributed by atoms with Gasteiger partial charge in [0, 0.05) is 13.1 Å². The lowest BCUT2D eigenvalue weighted by Crippen LogP contribution is -2.39. The maximum absolute atomic E-state index is 12.4. The zero-order chi connectivity index (χ0) is 18.8. The summed E-state index contributed by atoms with van der Waals surface area (Å²) in [7, 11) is 1.51. The summed E-state index contributed by atoms with van der Waals surface area (Å²) in [6.07, 6.45) is 6.98. The van der Waals surface area contributed by atoms with Crippen LogP contribution in [0.15, 0.2) is 30.4 Å². The molecular formula is C21H33NO3. The molecule has 1 amide bonds. The third-order valence-corrected chi connectivity index (χ3v) is 4.26. The third-order valence-electron chi connectivity index (χ3n) is 4.26. The molecule has 1 heterocycles. The number of nitrogens with zero attached hydrogens (tertiary/aromatic N) is 1. The van der Waals surface area contributed by atoms with Crippen molar-refractivity contribution in [3.8, 4) is 11.5 Å². The van der Waals surface area contributed by atoms with E-state index in [0.717, 1.165) is 31.5 Å². The van der Waals surface area contributed by atoms with Gasteiger partial charge in [0.2, 0.25) is 5.91 Å². The Hall–Kier alpha value is -1.97. The van der Waals surface area contributed by atoms with Crippen molar-refractivity contribution < 1.29 is 14.6 Å². The Morgan fingerprint density at radius 3 is 2.52 bits per heavy atom. The van der Waals surface area contributed by atoms with Gasteiger partial charge in [0.05, 0.1) is 13.5 Å². The fraction of sp³-hybridized carbons (Fsp3) is 0.571. The van der Waals surface area contributed by atoms with Crippen LogP contribution in [-0.2, 0) is 11.2 Å². The molecule has 4 heteroatoms. The minimum atomic E-state index is 0.0986. The summed E-state index contributed by atoms with van der Waals surface area (Å²) < 4.78 is 5.09. The minimum absolute atomic E-state index is 0.0986. The van der Waals surface area contributed by atoms with Crippen LogP contribution in [0.5, 0.6) is 11.5 Å². The molecule has 1 saturated heterocycles. The van der Waals surface area contributed by atoms with Crippen LogP contribution in [0.25, 0.3) is 0 Å². The van der Waals surface area contributed by atoms with Crippen LogP contribution < -0.4 is 4.74 Å². The number of methoxy groups -OCH3 is 1. The van der Waals surface area contributed by atoms with E-state index in [2.05, 4.69) is 26.0 Å². The average Bonchev–Trinajstić information content (AvgIpc) is 2.63. The molecule has 0 saturated carbocycles. The number of phenols is 1. The molecule has 0 aromatic heterocycles. The Labute approximate surface area is 152 Å². The van der Waals surface area contributed by atoms with Crippen molar-refractivity contribution in [3.05, 3.63) is 35.9 Å². The summed E-state index contributed by atoms with van der Waals surface area (Å²) in [5, 5.41) is 9.61. The van der Waals surface area contributed by atoms with Crippen LogP contribution >= 0.6 is 0 Å². The Kier molecular flexibility index (Phi) is 9.11. The van der Waals surface area contributed by atoms with Crippen LogP contribution in [0.1, 0.15) is 46.1 Å². The second-order valence-corrected chi connectivity index (χ2v) is 6.53. The maximum Gasteiger partial charge on any atom is 0.226 e. The molecule has 0 unspecified atom stereocenters. The van der Waals surface area contributed by atoms with Gasteiger partial charge in [-0.05, 0) is 42.4 Å². The Morgan fingerprint density at radius 2 is 1.96 bits per heavy atom. The standard InChI is InChI=1S/C19H27NO3.C2H6/c1-14(2)4-5-15-8-10-20(11-9-15)19(22)13-16-6-7-17(21)18(12-16)23-3;1-2/h4-7,12,14-15,21H,8-11,13H2,1-3H3;1-2H3/b5-4+;. The van der Waals surface area contributed by atoms with E-state index in [1.807, 2.05) is 18.7 Å². The van der Waals surface area contributed by atoms with Crippen molar-refractivity contribution in [2.24, 2.45) is 11.8 Å². The quantitative estimate of drug-likeness (QED) is 0.802. The molecule has 1 aromatic rings. The van der Waals surface area contributed by atoms with Crippen molar-refractivity contribution in [3.63, 3.8) is 0 Å². The fourth-order valence-corrected chi connectivity index (χ4v) is 2.84. The van der Waals surface area contributed by atoms with Crippen LogP contribution in [0, 0.1) is 11.8 Å². The minimum Gasteiger partial charge on any atom is -0.504 e. The molecule has 1 fully saturated rings. The second kappa shape index (κ2) is 10.8. The smallest absolute Gasteiger partial charge is 0.226 e. The summed E-state index contributed by atoms with van der Waals surface area (Å²) in [5.41, 5.74) is 0.867. The fourth-order valence-electron chi connectivity index (χ4n) is 2.84. The molecule has 1 aliphatic rings. The number of piperidine rings is 1. The highest BCUT2D eigenvalue weighted by Gasteiger charge is 2.21. The lowest BCUT2D eigenvalue weighted by Gasteiger charge is -2.31. The molecule has 4 nitrogen and oxygen atoms in total. The average molecular weight is 347 g/mol. The Balaban J connectivity index is 0.00000151. The number of hydrogen-bond acceptors (Lipinski definition) is 3. The molecule has 1 aromatic carbocycles. The van der Waals surface area contributed by atoms with Gasteiger partial charge in [-0.2, -0.15) is 0 Å². The number of benzene rings is 1. The molecule has 1 N–H and O–H groups in total. The van der Waals surface area contributed by atoms with E-state index in [9.17, 15) is 9.90 Å². The summed E-state index contributed by atoms with van der Waals surface area (Å²) in [4.78, 5) is 14.4.